The number of ether oxygens (including phenoxy) is 1. The first kappa shape index (κ1) is 30.8. The van der Waals surface area contributed by atoms with E-state index in [4.69, 9.17) is 15.9 Å². The van der Waals surface area contributed by atoms with E-state index in [2.05, 4.69) is 15.4 Å². The van der Waals surface area contributed by atoms with E-state index in [-0.39, 0.29) is 41.5 Å². The number of fused-ring (bicyclic) bond motifs is 1. The van der Waals surface area contributed by atoms with Gasteiger partial charge in [-0.2, -0.15) is 10.0 Å². The van der Waals surface area contributed by atoms with Gasteiger partial charge in [0, 0.05) is 61.8 Å². The van der Waals surface area contributed by atoms with Gasteiger partial charge in [-0.1, -0.05) is 42.5 Å². The molecule has 3 heterocycles. The van der Waals surface area contributed by atoms with Crippen molar-refractivity contribution in [1.82, 2.24) is 24.9 Å². The Kier molecular flexibility index (Phi) is 9.07. The van der Waals surface area contributed by atoms with E-state index < -0.39 is 6.09 Å². The predicted molar refractivity (Wildman–Crippen MR) is 174 cm³/mol. The second kappa shape index (κ2) is 12.9. The fourth-order valence-electron chi connectivity index (χ4n) is 6.19. The summed E-state index contributed by atoms with van der Waals surface area (Å²) < 4.78 is 5.86. The number of aromatic amines is 1. The van der Waals surface area contributed by atoms with Crippen molar-refractivity contribution in [3.05, 3.63) is 89.7 Å². The molecule has 2 saturated heterocycles. The van der Waals surface area contributed by atoms with Gasteiger partial charge in [0.15, 0.2) is 5.69 Å². The molecule has 5 N–H and O–H groups in total. The number of nitrogens with one attached hydrogen (secondary N) is 3. The third-order valence-electron chi connectivity index (χ3n) is 8.51. The number of amidine groups is 1. The summed E-state index contributed by atoms with van der Waals surface area (Å²) in [7, 11) is 0. The summed E-state index contributed by atoms with van der Waals surface area (Å²) in [5, 5.41) is 7.54. The standard InChI is InChI=1S/C32H36N8O3.ClH/c1-22-35-28-12-11-27(21-29(28)36-22)40(37-31(41)43-20-15-23-7-9-24(10-8-23)30(33)34)18-13-26(14-19-40)39-17-16-38(32(39)42)25-5-3-2-4-6-25;/h2-12,21,26H,13-20H2,1H3,(H4-,33,34,35,36,37,41);1H/p+1. The molecule has 0 atom stereocenters. The molecule has 11 nitrogen and oxygen atoms in total. The number of halogens is 1. The Morgan fingerprint density at radius 3 is 2.52 bits per heavy atom. The van der Waals surface area contributed by atoms with E-state index in [0.717, 1.165) is 46.6 Å². The van der Waals surface area contributed by atoms with Crippen molar-refractivity contribution in [2.24, 2.45) is 5.73 Å². The topological polar surface area (TPSA) is 140 Å². The summed E-state index contributed by atoms with van der Waals surface area (Å²) in [6.07, 6.45) is 1.51. The van der Waals surface area contributed by atoms with Gasteiger partial charge in [0.1, 0.15) is 24.7 Å². The van der Waals surface area contributed by atoms with E-state index in [1.54, 1.807) is 12.1 Å². The number of nitrogen functional groups attached to an aromatic ring is 1. The second-order valence-corrected chi connectivity index (χ2v) is 11.2. The fourth-order valence-corrected chi connectivity index (χ4v) is 6.19. The molecule has 0 saturated carbocycles. The number of carbonyl (C=O) groups excluding carboxylic acids is 2. The highest BCUT2D eigenvalue weighted by Gasteiger charge is 2.44. The van der Waals surface area contributed by atoms with Gasteiger partial charge in [0.05, 0.1) is 17.6 Å². The zero-order valence-corrected chi connectivity index (χ0v) is 25.5. The van der Waals surface area contributed by atoms with Crippen LogP contribution in [0, 0.1) is 12.3 Å². The third kappa shape index (κ3) is 6.34. The SMILES string of the molecule is Cc1nc2cc([N+]3(NC(=O)OCCc4ccc(C(=N)N)cc4)CCC(N4CCN(c5ccccc5)C4=O)CC3)ccc2[nH]1.Cl. The van der Waals surface area contributed by atoms with Crippen LogP contribution >= 0.6 is 12.4 Å². The number of benzene rings is 3. The zero-order chi connectivity index (χ0) is 30.0. The van der Waals surface area contributed by atoms with Gasteiger partial charge in [-0.15, -0.1) is 12.4 Å². The highest BCUT2D eigenvalue weighted by atomic mass is 35.5. The number of hydrogen-bond acceptors (Lipinski definition) is 5. The number of piperidine rings is 1. The number of hydrogen-bond donors (Lipinski definition) is 4. The minimum Gasteiger partial charge on any atom is -0.446 e. The van der Waals surface area contributed by atoms with Crippen LogP contribution in [-0.2, 0) is 11.2 Å². The van der Waals surface area contributed by atoms with Crippen LogP contribution in [0.1, 0.15) is 29.8 Å². The fraction of sp³-hybridized carbons (Fsp3) is 0.312. The minimum absolute atomic E-state index is 0. The molecule has 2 aliphatic heterocycles. The Bertz CT molecular complexity index is 1630. The lowest BCUT2D eigenvalue weighted by Gasteiger charge is -2.43. The number of nitrogens with zero attached hydrogens (tertiary/aromatic N) is 4. The van der Waals surface area contributed by atoms with Crippen molar-refractivity contribution in [2.45, 2.75) is 32.2 Å². The number of nitrogens with two attached hydrogens (primary N) is 1. The van der Waals surface area contributed by atoms with Crippen LogP contribution in [0.15, 0.2) is 72.8 Å². The van der Waals surface area contributed by atoms with Gasteiger partial charge < -0.3 is 20.4 Å². The average Bonchev–Trinajstić information content (AvgIpc) is 3.59. The van der Waals surface area contributed by atoms with E-state index in [1.807, 2.05) is 77.4 Å². The molecule has 0 radical (unpaired) electrons. The molecule has 3 amide bonds. The largest absolute Gasteiger partial charge is 0.452 e. The Balaban J connectivity index is 0.00000384. The quantitative estimate of drug-likeness (QED) is 0.127. The van der Waals surface area contributed by atoms with Crippen LogP contribution < -0.4 is 20.7 Å². The van der Waals surface area contributed by atoms with Crippen molar-refractivity contribution in [3.63, 3.8) is 0 Å². The minimum atomic E-state index is -0.496. The lowest BCUT2D eigenvalue weighted by molar-refractivity contribution is 0.0791. The maximum atomic E-state index is 13.4. The third-order valence-corrected chi connectivity index (χ3v) is 8.51. The van der Waals surface area contributed by atoms with Crippen LogP contribution in [0.4, 0.5) is 21.0 Å². The Morgan fingerprint density at radius 1 is 1.09 bits per heavy atom. The molecule has 12 heteroatoms. The molecule has 2 aliphatic rings. The monoisotopic (exact) mass is 617 g/mol. The first-order valence-electron chi connectivity index (χ1n) is 14.7. The number of anilines is 1. The smallest absolute Gasteiger partial charge is 0.446 e. The summed E-state index contributed by atoms with van der Waals surface area (Å²) in [5.41, 5.74) is 14.0. The maximum absolute atomic E-state index is 13.4. The molecule has 4 aromatic rings. The molecular formula is C32H38ClN8O3+. The van der Waals surface area contributed by atoms with Gasteiger partial charge >= 0.3 is 12.1 Å². The molecule has 0 unspecified atom stereocenters. The van der Waals surface area contributed by atoms with Crippen LogP contribution in [0.25, 0.3) is 11.0 Å². The van der Waals surface area contributed by atoms with E-state index in [9.17, 15) is 9.59 Å². The number of quaternary nitrogens is 1. The summed E-state index contributed by atoms with van der Waals surface area (Å²) in [6.45, 7) is 4.69. The van der Waals surface area contributed by atoms with E-state index >= 15 is 0 Å². The molecule has 1 aromatic heterocycles. The van der Waals surface area contributed by atoms with Crippen molar-refractivity contribution in [3.8, 4) is 0 Å². The number of rotatable bonds is 8. The van der Waals surface area contributed by atoms with Crippen LogP contribution in [0.2, 0.25) is 0 Å². The number of para-hydroxylation sites is 1. The number of amides is 3. The Hall–Kier alpha value is -4.61. The van der Waals surface area contributed by atoms with Gasteiger partial charge in [0.25, 0.3) is 0 Å². The first-order valence-corrected chi connectivity index (χ1v) is 14.7. The van der Waals surface area contributed by atoms with Gasteiger partial charge in [-0.3, -0.25) is 10.3 Å². The molecule has 3 aromatic carbocycles. The number of aromatic nitrogens is 2. The lowest BCUT2D eigenvalue weighted by Crippen LogP contribution is -2.66. The maximum Gasteiger partial charge on any atom is 0.452 e. The molecule has 0 aliphatic carbocycles. The van der Waals surface area contributed by atoms with Crippen molar-refractivity contribution >= 4 is 52.8 Å². The highest BCUT2D eigenvalue weighted by Crippen LogP contribution is 2.32. The van der Waals surface area contributed by atoms with Gasteiger partial charge in [-0.25, -0.2) is 14.6 Å². The summed E-state index contributed by atoms with van der Waals surface area (Å²) in [4.78, 5) is 38.3. The number of urea groups is 1. The van der Waals surface area contributed by atoms with Crippen LogP contribution in [0.3, 0.4) is 0 Å². The Labute approximate surface area is 262 Å². The van der Waals surface area contributed by atoms with E-state index in [1.165, 1.54) is 0 Å². The summed E-state index contributed by atoms with van der Waals surface area (Å²) in [5.74, 6) is 0.849. The predicted octanol–water partition coefficient (Wildman–Crippen LogP) is 4.87. The molecule has 2 fully saturated rings. The Morgan fingerprint density at radius 2 is 1.82 bits per heavy atom. The molecule has 44 heavy (non-hydrogen) atoms. The molecule has 6 rings (SSSR count). The normalized spacial score (nSPS) is 19.9. The molecule has 230 valence electrons. The highest BCUT2D eigenvalue weighted by molar-refractivity contribution is 5.95. The van der Waals surface area contributed by atoms with Crippen molar-refractivity contribution < 1.29 is 14.3 Å². The number of H-pyrrole nitrogens is 1. The summed E-state index contributed by atoms with van der Waals surface area (Å²) >= 11 is 0. The van der Waals surface area contributed by atoms with Gasteiger partial charge in [0.2, 0.25) is 0 Å². The number of aryl methyl sites for hydroxylation is 1. The average molecular weight is 618 g/mol. The second-order valence-electron chi connectivity index (χ2n) is 11.2. The van der Waals surface area contributed by atoms with Crippen LogP contribution in [-0.4, -0.2) is 71.7 Å². The lowest BCUT2D eigenvalue weighted by atomic mass is 10.0. The zero-order valence-electron chi connectivity index (χ0n) is 24.7. The van der Waals surface area contributed by atoms with E-state index in [0.29, 0.717) is 38.2 Å². The number of carbonyl (C=O) groups is 2. The van der Waals surface area contributed by atoms with Gasteiger partial charge in [-0.05, 0) is 30.7 Å². The van der Waals surface area contributed by atoms with Crippen molar-refractivity contribution in [2.75, 3.05) is 37.7 Å². The van der Waals surface area contributed by atoms with Crippen LogP contribution in [0.5, 0.6) is 0 Å². The molecule has 0 spiro atoms. The summed E-state index contributed by atoms with van der Waals surface area (Å²) in [6, 6.07) is 23.3. The molecule has 0 bridgehead atoms. The molecular weight excluding hydrogens is 580 g/mol. The van der Waals surface area contributed by atoms with Crippen molar-refractivity contribution in [1.29, 1.82) is 5.41 Å². The number of imidazole rings is 1. The first-order chi connectivity index (χ1) is 20.8.